The highest BCUT2D eigenvalue weighted by atomic mass is 35.5. The van der Waals surface area contributed by atoms with Crippen LogP contribution in [0.2, 0.25) is 5.02 Å². The number of benzene rings is 1. The first-order valence-electron chi connectivity index (χ1n) is 7.31. The van der Waals surface area contributed by atoms with E-state index in [2.05, 4.69) is 0 Å². The molecule has 0 bridgehead atoms. The summed E-state index contributed by atoms with van der Waals surface area (Å²) in [6.45, 7) is 7.32. The molecule has 5 heteroatoms. The normalized spacial score (nSPS) is 25.3. The van der Waals surface area contributed by atoms with E-state index in [1.807, 2.05) is 45.0 Å². The lowest BCUT2D eigenvalue weighted by atomic mass is 9.71. The molecule has 0 spiro atoms. The van der Waals surface area contributed by atoms with Gasteiger partial charge in [0.05, 0.1) is 5.57 Å². The number of hydrogen-bond acceptors (Lipinski definition) is 2. The third-order valence-electron chi connectivity index (χ3n) is 4.14. The lowest BCUT2D eigenvalue weighted by molar-refractivity contribution is -0.134. The molecule has 0 amide bonds. The van der Waals surface area contributed by atoms with Gasteiger partial charge in [0.15, 0.2) is 5.06 Å². The van der Waals surface area contributed by atoms with E-state index in [0.717, 1.165) is 5.56 Å². The second-order valence-electron chi connectivity index (χ2n) is 6.81. The predicted octanol–water partition coefficient (Wildman–Crippen LogP) is 4.74. The molecule has 124 valence electrons. The number of alkyl halides is 1. The molecule has 0 saturated heterocycles. The molecule has 2 rings (SSSR count). The highest BCUT2D eigenvalue weighted by Crippen LogP contribution is 2.50. The van der Waals surface area contributed by atoms with E-state index in [4.69, 9.17) is 23.2 Å². The topological polar surface area (TPSA) is 57.5 Å². The van der Waals surface area contributed by atoms with Crippen LogP contribution in [0.1, 0.15) is 39.2 Å². The smallest absolute Gasteiger partial charge is 0.336 e. The fourth-order valence-electron chi connectivity index (χ4n) is 3.06. The fourth-order valence-corrected chi connectivity index (χ4v) is 3.89. The SMILES string of the molecule is CC1=C(C(=O)O)C(O)(Cl)C(C(C)(C)C)=CC1c1ccccc1Cl. The maximum atomic E-state index is 11.8. The molecule has 0 heterocycles. The van der Waals surface area contributed by atoms with Crippen molar-refractivity contribution in [2.24, 2.45) is 5.41 Å². The molecule has 1 aliphatic carbocycles. The Morgan fingerprint density at radius 1 is 1.26 bits per heavy atom. The summed E-state index contributed by atoms with van der Waals surface area (Å²) in [5, 5.41) is 18.8. The van der Waals surface area contributed by atoms with Crippen molar-refractivity contribution in [3.8, 4) is 0 Å². The second kappa shape index (κ2) is 5.97. The van der Waals surface area contributed by atoms with Gasteiger partial charge < -0.3 is 10.2 Å². The Labute approximate surface area is 146 Å². The number of rotatable bonds is 2. The zero-order valence-electron chi connectivity index (χ0n) is 13.5. The van der Waals surface area contributed by atoms with E-state index in [1.54, 1.807) is 13.0 Å². The molecule has 0 radical (unpaired) electrons. The van der Waals surface area contributed by atoms with Gasteiger partial charge in [0.25, 0.3) is 0 Å². The van der Waals surface area contributed by atoms with Crippen molar-refractivity contribution in [3.63, 3.8) is 0 Å². The maximum absolute atomic E-state index is 11.8. The monoisotopic (exact) mass is 354 g/mol. The summed E-state index contributed by atoms with van der Waals surface area (Å²) in [4.78, 5) is 11.8. The van der Waals surface area contributed by atoms with Crippen molar-refractivity contribution in [1.82, 2.24) is 0 Å². The molecule has 0 fully saturated rings. The van der Waals surface area contributed by atoms with Gasteiger partial charge in [-0.1, -0.05) is 68.2 Å². The fraction of sp³-hybridized carbons (Fsp3) is 0.389. The summed E-state index contributed by atoms with van der Waals surface area (Å²) in [5.74, 6) is -1.57. The highest BCUT2D eigenvalue weighted by Gasteiger charge is 2.47. The van der Waals surface area contributed by atoms with E-state index in [1.165, 1.54) is 0 Å². The summed E-state index contributed by atoms with van der Waals surface area (Å²) in [6, 6.07) is 7.28. The molecular weight excluding hydrogens is 335 g/mol. The van der Waals surface area contributed by atoms with Gasteiger partial charge in [-0.25, -0.2) is 4.79 Å². The van der Waals surface area contributed by atoms with Crippen molar-refractivity contribution in [3.05, 3.63) is 57.6 Å². The van der Waals surface area contributed by atoms with Gasteiger partial charge in [0, 0.05) is 10.9 Å². The Morgan fingerprint density at radius 3 is 2.30 bits per heavy atom. The van der Waals surface area contributed by atoms with Crippen LogP contribution in [-0.4, -0.2) is 21.2 Å². The van der Waals surface area contributed by atoms with Gasteiger partial charge in [-0.3, -0.25) is 0 Å². The quantitative estimate of drug-likeness (QED) is 0.595. The van der Waals surface area contributed by atoms with Gasteiger partial charge >= 0.3 is 5.97 Å². The average molecular weight is 355 g/mol. The van der Waals surface area contributed by atoms with Gasteiger partial charge in [0.1, 0.15) is 0 Å². The Hall–Kier alpha value is -1.29. The van der Waals surface area contributed by atoms with Crippen molar-refractivity contribution < 1.29 is 15.0 Å². The number of carboxylic acids is 1. The third kappa shape index (κ3) is 3.18. The molecular formula is C18H20Cl2O3. The van der Waals surface area contributed by atoms with Crippen LogP contribution in [0.3, 0.4) is 0 Å². The van der Waals surface area contributed by atoms with Crippen molar-refractivity contribution in [2.75, 3.05) is 0 Å². The summed E-state index contributed by atoms with van der Waals surface area (Å²) in [6.07, 6.45) is 1.83. The summed E-state index contributed by atoms with van der Waals surface area (Å²) in [5.41, 5.74) is 1.03. The molecule has 23 heavy (non-hydrogen) atoms. The molecule has 0 aromatic heterocycles. The summed E-state index contributed by atoms with van der Waals surface area (Å²) >= 11 is 12.6. The van der Waals surface area contributed by atoms with Crippen LogP contribution >= 0.6 is 23.2 Å². The van der Waals surface area contributed by atoms with Crippen LogP contribution in [0.25, 0.3) is 0 Å². The Bertz CT molecular complexity index is 709. The number of halogens is 2. The molecule has 2 N–H and O–H groups in total. The van der Waals surface area contributed by atoms with Crippen LogP contribution in [0, 0.1) is 5.41 Å². The summed E-state index contributed by atoms with van der Waals surface area (Å²) < 4.78 is 0. The molecule has 2 unspecified atom stereocenters. The minimum Gasteiger partial charge on any atom is -0.478 e. The Kier molecular flexibility index (Phi) is 4.69. The molecule has 1 aromatic rings. The van der Waals surface area contributed by atoms with Crippen molar-refractivity contribution in [2.45, 2.75) is 38.7 Å². The number of allylic oxidation sites excluding steroid dienone is 2. The predicted molar refractivity (Wildman–Crippen MR) is 92.9 cm³/mol. The van der Waals surface area contributed by atoms with Gasteiger partial charge in [-0.2, -0.15) is 0 Å². The zero-order chi connectivity index (χ0) is 17.6. The minimum atomic E-state index is -2.04. The number of aliphatic carboxylic acids is 1. The highest BCUT2D eigenvalue weighted by molar-refractivity contribution is 6.31. The average Bonchev–Trinajstić information content (AvgIpc) is 2.37. The maximum Gasteiger partial charge on any atom is 0.336 e. The van der Waals surface area contributed by atoms with Gasteiger partial charge in [-0.05, 0) is 35.1 Å². The number of carboxylic acid groups (broad SMARTS) is 1. The molecule has 2 atom stereocenters. The molecule has 3 nitrogen and oxygen atoms in total. The van der Waals surface area contributed by atoms with E-state index in [-0.39, 0.29) is 11.5 Å². The van der Waals surface area contributed by atoms with Crippen LogP contribution in [0.15, 0.2) is 47.1 Å². The first-order valence-corrected chi connectivity index (χ1v) is 8.06. The first-order chi connectivity index (χ1) is 10.5. The van der Waals surface area contributed by atoms with Crippen LogP contribution in [-0.2, 0) is 4.79 Å². The standard InChI is InChI=1S/C18H20Cl2O3/c1-10-12(11-7-5-6-8-13(11)19)9-14(17(2,3)4)18(20,23)15(10)16(21)22/h5-9,12,23H,1-4H3,(H,21,22). The molecule has 1 aliphatic rings. The number of hydrogen-bond donors (Lipinski definition) is 2. The van der Waals surface area contributed by atoms with Crippen molar-refractivity contribution >= 4 is 29.2 Å². The van der Waals surface area contributed by atoms with E-state index < -0.39 is 16.4 Å². The Morgan fingerprint density at radius 2 is 1.83 bits per heavy atom. The number of carbonyl (C=O) groups is 1. The van der Waals surface area contributed by atoms with Crippen LogP contribution in [0.4, 0.5) is 0 Å². The van der Waals surface area contributed by atoms with Gasteiger partial charge in [-0.15, -0.1) is 0 Å². The lowest BCUT2D eigenvalue weighted by Crippen LogP contribution is -2.40. The molecule has 1 aromatic carbocycles. The lowest BCUT2D eigenvalue weighted by Gasteiger charge is -2.40. The zero-order valence-corrected chi connectivity index (χ0v) is 15.0. The van der Waals surface area contributed by atoms with E-state index in [9.17, 15) is 15.0 Å². The number of aliphatic hydroxyl groups is 1. The minimum absolute atomic E-state index is 0.198. The molecule has 0 saturated carbocycles. The summed E-state index contributed by atoms with van der Waals surface area (Å²) in [7, 11) is 0. The van der Waals surface area contributed by atoms with Crippen molar-refractivity contribution in [1.29, 1.82) is 0 Å². The van der Waals surface area contributed by atoms with Gasteiger partial charge in [0.2, 0.25) is 0 Å². The second-order valence-corrected chi connectivity index (χ2v) is 7.77. The van der Waals surface area contributed by atoms with Crippen LogP contribution < -0.4 is 0 Å². The van der Waals surface area contributed by atoms with E-state index >= 15 is 0 Å². The third-order valence-corrected chi connectivity index (χ3v) is 4.88. The Balaban J connectivity index is 2.76. The van der Waals surface area contributed by atoms with Crippen LogP contribution in [0.5, 0.6) is 0 Å². The molecule has 0 aliphatic heterocycles. The largest absolute Gasteiger partial charge is 0.478 e. The first kappa shape index (κ1) is 18.1. The van der Waals surface area contributed by atoms with E-state index in [0.29, 0.717) is 16.2 Å².